The van der Waals surface area contributed by atoms with Crippen LogP contribution in [-0.2, 0) is 20.5 Å². The maximum Gasteiger partial charge on any atom is 0.410 e. The number of hydrogen-bond acceptors (Lipinski definition) is 10. The lowest BCUT2D eigenvalue weighted by Crippen LogP contribution is -2.47. The highest BCUT2D eigenvalue weighted by atomic mass is 32.2. The lowest BCUT2D eigenvalue weighted by atomic mass is 10.0. The molecule has 0 radical (unpaired) electrons. The van der Waals surface area contributed by atoms with Gasteiger partial charge >= 0.3 is 6.09 Å². The Morgan fingerprint density at radius 1 is 1.04 bits per heavy atom. The van der Waals surface area contributed by atoms with E-state index in [0.717, 1.165) is 12.8 Å². The van der Waals surface area contributed by atoms with Gasteiger partial charge in [-0.05, 0) is 88.1 Å². The van der Waals surface area contributed by atoms with Crippen LogP contribution in [0, 0.1) is 24.1 Å². The number of pyridine rings is 1. The smallest absolute Gasteiger partial charge is 0.410 e. The van der Waals surface area contributed by atoms with Crippen LogP contribution in [0.3, 0.4) is 0 Å². The second-order valence-corrected chi connectivity index (χ2v) is 15.2. The molecular formula is C38H38FN7O5S. The van der Waals surface area contributed by atoms with Crippen LogP contribution in [-0.4, -0.2) is 59.1 Å². The molecule has 5 aromatic rings. The molecule has 1 saturated heterocycles. The van der Waals surface area contributed by atoms with Crippen molar-refractivity contribution < 1.29 is 27.1 Å². The van der Waals surface area contributed by atoms with Crippen molar-refractivity contribution in [3.63, 3.8) is 0 Å². The third-order valence-electron chi connectivity index (χ3n) is 8.35. The molecule has 268 valence electrons. The average molecular weight is 724 g/mol. The lowest BCUT2D eigenvalue weighted by molar-refractivity contribution is 0.0206. The van der Waals surface area contributed by atoms with Gasteiger partial charge in [0.05, 0.1) is 34.3 Å². The Hall–Kier alpha value is -5.81. The molecule has 12 nitrogen and oxygen atoms in total. The summed E-state index contributed by atoms with van der Waals surface area (Å²) in [4.78, 5) is 28.0. The minimum atomic E-state index is -4.13. The van der Waals surface area contributed by atoms with E-state index in [0.29, 0.717) is 52.6 Å². The number of aromatic nitrogens is 3. The number of nitriles is 1. The van der Waals surface area contributed by atoms with E-state index < -0.39 is 27.2 Å². The van der Waals surface area contributed by atoms with Gasteiger partial charge in [-0.2, -0.15) is 5.26 Å². The van der Waals surface area contributed by atoms with Crippen LogP contribution in [0.15, 0.2) is 79.1 Å². The van der Waals surface area contributed by atoms with Crippen LogP contribution in [0.1, 0.15) is 50.3 Å². The number of hydrogen-bond donors (Lipinski definition) is 2. The van der Waals surface area contributed by atoms with E-state index >= 15 is 4.39 Å². The van der Waals surface area contributed by atoms with Gasteiger partial charge in [0.15, 0.2) is 0 Å². The van der Waals surface area contributed by atoms with Crippen molar-refractivity contribution in [1.82, 2.24) is 19.9 Å². The summed E-state index contributed by atoms with van der Waals surface area (Å²) in [7, 11) is -4.13. The normalized spacial score (nSPS) is 14.8. The zero-order valence-electron chi connectivity index (χ0n) is 29.2. The number of aryl methyl sites for hydroxylation is 1. The molecule has 0 aliphatic carbocycles. The zero-order chi connectivity index (χ0) is 37.0. The van der Waals surface area contributed by atoms with Gasteiger partial charge in [0.25, 0.3) is 0 Å². The third kappa shape index (κ3) is 8.38. The summed E-state index contributed by atoms with van der Waals surface area (Å²) in [5, 5.41) is 13.5. The zero-order valence-corrected chi connectivity index (χ0v) is 30.0. The molecular weight excluding hydrogens is 686 g/mol. The van der Waals surface area contributed by atoms with Crippen LogP contribution >= 0.6 is 0 Å². The highest BCUT2D eigenvalue weighted by molar-refractivity contribution is 7.91. The summed E-state index contributed by atoms with van der Waals surface area (Å²) in [6, 6.07) is 19.6. The van der Waals surface area contributed by atoms with Crippen molar-refractivity contribution >= 4 is 38.5 Å². The number of nitrogens with one attached hydrogen (secondary N) is 2. The summed E-state index contributed by atoms with van der Waals surface area (Å²) in [5.74, 6) is -0.348. The van der Waals surface area contributed by atoms with Gasteiger partial charge in [-0.1, -0.05) is 30.3 Å². The van der Waals surface area contributed by atoms with Gasteiger partial charge in [-0.15, -0.1) is 0 Å². The maximum absolute atomic E-state index is 15.3. The number of carbonyl (C=O) groups is 1. The molecule has 52 heavy (non-hydrogen) atoms. The van der Waals surface area contributed by atoms with E-state index in [4.69, 9.17) is 14.5 Å². The van der Waals surface area contributed by atoms with Crippen LogP contribution in [0.2, 0.25) is 0 Å². The number of fused-ring (bicyclic) bond motifs is 1. The number of carbonyl (C=O) groups excluding carboxylic acids is 1. The Balaban J connectivity index is 1.26. The number of amides is 1. The first-order valence-electron chi connectivity index (χ1n) is 16.7. The minimum Gasteiger partial charge on any atom is -0.444 e. The van der Waals surface area contributed by atoms with Crippen molar-refractivity contribution in [2.45, 2.75) is 57.9 Å². The van der Waals surface area contributed by atoms with E-state index in [9.17, 15) is 18.5 Å². The van der Waals surface area contributed by atoms with Gasteiger partial charge in [0.2, 0.25) is 21.9 Å². The molecule has 1 atom stereocenters. The first-order chi connectivity index (χ1) is 24.8. The topological polar surface area (TPSA) is 159 Å². The number of sulfonamides is 1. The first-order valence-corrected chi connectivity index (χ1v) is 18.4. The molecule has 1 amide bonds. The van der Waals surface area contributed by atoms with Gasteiger partial charge in [-0.3, -0.25) is 4.72 Å². The van der Waals surface area contributed by atoms with Gasteiger partial charge < -0.3 is 19.7 Å². The number of likely N-dealkylation sites (tertiary alicyclic amines) is 1. The van der Waals surface area contributed by atoms with Gasteiger partial charge in [0, 0.05) is 42.3 Å². The molecule has 3 aromatic carbocycles. The number of ether oxygens (including phenoxy) is 2. The van der Waals surface area contributed by atoms with Crippen molar-refractivity contribution in [2.75, 3.05) is 23.1 Å². The largest absolute Gasteiger partial charge is 0.444 e. The molecule has 0 spiro atoms. The molecule has 6 rings (SSSR count). The Morgan fingerprint density at radius 2 is 1.83 bits per heavy atom. The van der Waals surface area contributed by atoms with Crippen molar-refractivity contribution in [3.8, 4) is 29.0 Å². The standard InChI is InChI=1S/C38H38FN7O5S/c1-24-13-14-28-29(15-16-31(39)33(28)45-52(48,49)23-26-10-6-5-9-25(26)21-40)34(24)50-35-30(12-7-18-41-35)32-17-19-42-36(44-32)43-27-11-8-20-46(22-27)37(47)51-38(2,3)4/h5-7,9-10,12-19,27,45H,8,11,20,22-23H2,1-4H3,(H,42,43,44)/t27-/m0/s1. The van der Waals surface area contributed by atoms with Crippen molar-refractivity contribution in [2.24, 2.45) is 0 Å². The predicted octanol–water partition coefficient (Wildman–Crippen LogP) is 7.56. The van der Waals surface area contributed by atoms with E-state index in [1.165, 1.54) is 18.2 Å². The number of halogens is 1. The molecule has 0 unspecified atom stereocenters. The summed E-state index contributed by atoms with van der Waals surface area (Å²) in [6.45, 7) is 8.38. The molecule has 0 bridgehead atoms. The Bertz CT molecular complexity index is 2290. The van der Waals surface area contributed by atoms with Crippen LogP contribution in [0.4, 0.5) is 20.8 Å². The molecule has 1 aliphatic rings. The quantitative estimate of drug-likeness (QED) is 0.155. The van der Waals surface area contributed by atoms with E-state index in [1.807, 2.05) is 33.8 Å². The van der Waals surface area contributed by atoms with Crippen molar-refractivity contribution in [1.29, 1.82) is 5.26 Å². The fraction of sp³-hybridized carbons (Fsp3) is 0.289. The SMILES string of the molecule is Cc1ccc2c(NS(=O)(=O)Cc3ccccc3C#N)c(F)ccc2c1Oc1ncccc1-c1ccnc(N[C@H]2CCCN(C(=O)OC(C)(C)C)C2)n1. The Morgan fingerprint density at radius 3 is 2.62 bits per heavy atom. The highest BCUT2D eigenvalue weighted by Crippen LogP contribution is 2.40. The number of nitrogens with zero attached hydrogens (tertiary/aromatic N) is 5. The Kier molecular flexibility index (Phi) is 10.3. The fourth-order valence-electron chi connectivity index (χ4n) is 5.96. The van der Waals surface area contributed by atoms with Crippen LogP contribution in [0.5, 0.6) is 11.6 Å². The van der Waals surface area contributed by atoms with Crippen molar-refractivity contribution in [3.05, 3.63) is 102 Å². The lowest BCUT2D eigenvalue weighted by Gasteiger charge is -2.34. The monoisotopic (exact) mass is 723 g/mol. The number of anilines is 2. The fourth-order valence-corrected chi connectivity index (χ4v) is 7.21. The van der Waals surface area contributed by atoms with Gasteiger partial charge in [-0.25, -0.2) is 32.6 Å². The first kappa shape index (κ1) is 36.0. The number of piperidine rings is 1. The summed E-state index contributed by atoms with van der Waals surface area (Å²) < 4.78 is 56.3. The predicted molar refractivity (Wildman–Crippen MR) is 196 cm³/mol. The third-order valence-corrected chi connectivity index (χ3v) is 9.55. The maximum atomic E-state index is 15.3. The van der Waals surface area contributed by atoms with E-state index in [1.54, 1.807) is 65.8 Å². The summed E-state index contributed by atoms with van der Waals surface area (Å²) in [5.41, 5.74) is 1.46. The second-order valence-electron chi connectivity index (χ2n) is 13.5. The summed E-state index contributed by atoms with van der Waals surface area (Å²) >= 11 is 0. The second kappa shape index (κ2) is 14.8. The molecule has 2 aromatic heterocycles. The summed E-state index contributed by atoms with van der Waals surface area (Å²) in [6.07, 6.45) is 4.45. The Labute approximate surface area is 301 Å². The number of rotatable bonds is 9. The molecule has 2 N–H and O–H groups in total. The molecule has 1 aliphatic heterocycles. The van der Waals surface area contributed by atoms with Crippen LogP contribution in [0.25, 0.3) is 22.0 Å². The van der Waals surface area contributed by atoms with E-state index in [-0.39, 0.29) is 34.7 Å². The molecule has 1 fully saturated rings. The average Bonchev–Trinajstić information content (AvgIpc) is 3.10. The minimum absolute atomic E-state index is 0.0902. The van der Waals surface area contributed by atoms with E-state index in [2.05, 4.69) is 20.0 Å². The molecule has 3 heterocycles. The molecule has 0 saturated carbocycles. The number of benzene rings is 3. The highest BCUT2D eigenvalue weighted by Gasteiger charge is 2.28. The molecule has 14 heteroatoms. The van der Waals surface area contributed by atoms with Crippen LogP contribution < -0.4 is 14.8 Å². The van der Waals surface area contributed by atoms with Gasteiger partial charge in [0.1, 0.15) is 17.2 Å².